The van der Waals surface area contributed by atoms with Gasteiger partial charge in [-0.25, -0.2) is 13.1 Å². The maximum atomic E-state index is 12.5. The first-order valence-electron chi connectivity index (χ1n) is 7.51. The number of rotatable bonds is 7. The van der Waals surface area contributed by atoms with Crippen molar-refractivity contribution in [2.24, 2.45) is 4.99 Å². The van der Waals surface area contributed by atoms with Crippen LogP contribution in [0.4, 0.5) is 5.69 Å². The monoisotopic (exact) mass is 365 g/mol. The Kier molecular flexibility index (Phi) is 7.91. The number of carbonyl (C=O) groups excluding carboxylic acids is 1. The minimum Gasteiger partial charge on any atom is -0.345 e. The summed E-state index contributed by atoms with van der Waals surface area (Å²) in [4.78, 5) is 17.2. The molecular formula is C16H23N5O3S. The van der Waals surface area contributed by atoms with Gasteiger partial charge in [0.2, 0.25) is 11.9 Å². The third-order valence-corrected chi connectivity index (χ3v) is 4.25. The maximum Gasteiger partial charge on any atom is 0.264 e. The number of sulfonamides is 1. The highest BCUT2D eigenvalue weighted by atomic mass is 32.2. The molecule has 0 fully saturated rings. The van der Waals surface area contributed by atoms with Crippen LogP contribution >= 0.6 is 0 Å². The van der Waals surface area contributed by atoms with E-state index in [1.807, 2.05) is 19.0 Å². The van der Waals surface area contributed by atoms with Gasteiger partial charge in [-0.15, -0.1) is 6.42 Å². The second-order valence-electron chi connectivity index (χ2n) is 5.40. The number of likely N-dealkylation sites (N-methyl/N-ethyl adjacent to an activating group) is 1. The van der Waals surface area contributed by atoms with E-state index in [9.17, 15) is 13.2 Å². The van der Waals surface area contributed by atoms with E-state index in [4.69, 9.17) is 6.42 Å². The van der Waals surface area contributed by atoms with Crippen molar-refractivity contribution in [3.8, 4) is 12.3 Å². The van der Waals surface area contributed by atoms with Gasteiger partial charge in [-0.2, -0.15) is 0 Å². The third-order valence-electron chi connectivity index (χ3n) is 2.89. The molecule has 0 aliphatic carbocycles. The molecule has 0 bridgehead atoms. The van der Waals surface area contributed by atoms with E-state index in [1.54, 1.807) is 0 Å². The van der Waals surface area contributed by atoms with Crippen LogP contribution in [-0.4, -0.2) is 58.9 Å². The molecule has 0 atom stereocenters. The van der Waals surface area contributed by atoms with Crippen molar-refractivity contribution in [1.82, 2.24) is 14.9 Å². The van der Waals surface area contributed by atoms with Crippen LogP contribution in [0.5, 0.6) is 0 Å². The molecular weight excluding hydrogens is 342 g/mol. The van der Waals surface area contributed by atoms with Crippen LogP contribution in [0.3, 0.4) is 0 Å². The number of nitrogens with zero attached hydrogens (tertiary/aromatic N) is 2. The van der Waals surface area contributed by atoms with Gasteiger partial charge in [-0.1, -0.05) is 5.92 Å². The molecule has 0 radical (unpaired) electrons. The lowest BCUT2D eigenvalue weighted by Gasteiger charge is -2.13. The van der Waals surface area contributed by atoms with Crippen LogP contribution in [-0.2, 0) is 14.8 Å². The molecule has 1 aromatic carbocycles. The lowest BCUT2D eigenvalue weighted by molar-refractivity contribution is -0.114. The summed E-state index contributed by atoms with van der Waals surface area (Å²) in [5.41, 5.74) is 0.511. The van der Waals surface area contributed by atoms with Gasteiger partial charge in [0.05, 0.1) is 18.0 Å². The molecule has 0 saturated heterocycles. The molecule has 0 spiro atoms. The molecule has 0 unspecified atom stereocenters. The lowest BCUT2D eigenvalue weighted by Crippen LogP contribution is -2.41. The molecule has 0 heterocycles. The zero-order chi connectivity index (χ0) is 18.9. The number of anilines is 1. The highest BCUT2D eigenvalue weighted by molar-refractivity contribution is 7.90. The summed E-state index contributed by atoms with van der Waals surface area (Å²) < 4.78 is 27.3. The van der Waals surface area contributed by atoms with Crippen LogP contribution in [0.25, 0.3) is 0 Å². The predicted molar refractivity (Wildman–Crippen MR) is 98.8 cm³/mol. The molecule has 25 heavy (non-hydrogen) atoms. The zero-order valence-electron chi connectivity index (χ0n) is 14.5. The van der Waals surface area contributed by atoms with Crippen molar-refractivity contribution < 1.29 is 13.2 Å². The van der Waals surface area contributed by atoms with Crippen molar-refractivity contribution >= 4 is 27.6 Å². The van der Waals surface area contributed by atoms with E-state index >= 15 is 0 Å². The van der Waals surface area contributed by atoms with Gasteiger partial charge in [-0.3, -0.25) is 9.79 Å². The molecule has 1 aromatic rings. The van der Waals surface area contributed by atoms with E-state index in [2.05, 4.69) is 26.3 Å². The lowest BCUT2D eigenvalue weighted by atomic mass is 10.3. The fraction of sp³-hybridized carbons (Fsp3) is 0.375. The Morgan fingerprint density at radius 3 is 2.44 bits per heavy atom. The molecule has 9 heteroatoms. The predicted octanol–water partition coefficient (Wildman–Crippen LogP) is 0.0637. The molecule has 1 amide bonds. The Hall–Kier alpha value is -2.57. The average Bonchev–Trinajstić information content (AvgIpc) is 2.51. The van der Waals surface area contributed by atoms with Crippen molar-refractivity contribution in [1.29, 1.82) is 0 Å². The van der Waals surface area contributed by atoms with Gasteiger partial charge in [0.15, 0.2) is 0 Å². The van der Waals surface area contributed by atoms with E-state index in [1.165, 1.54) is 31.2 Å². The topological polar surface area (TPSA) is 103 Å². The Balaban J connectivity index is 2.89. The van der Waals surface area contributed by atoms with Crippen molar-refractivity contribution in [3.05, 3.63) is 24.3 Å². The molecule has 0 saturated carbocycles. The summed E-state index contributed by atoms with van der Waals surface area (Å²) in [7, 11) is -0.0366. The molecule has 1 rings (SSSR count). The number of hydrogen-bond donors (Lipinski definition) is 3. The molecule has 3 N–H and O–H groups in total. The summed E-state index contributed by atoms with van der Waals surface area (Å²) >= 11 is 0. The Morgan fingerprint density at radius 2 is 1.92 bits per heavy atom. The SMILES string of the molecule is C#CCNC(=NCCN(C)C)NS(=O)(=O)c1ccc(NC(C)=O)cc1. The molecule has 8 nitrogen and oxygen atoms in total. The number of benzene rings is 1. The summed E-state index contributed by atoms with van der Waals surface area (Å²) in [5, 5.41) is 5.33. The third kappa shape index (κ3) is 7.69. The minimum atomic E-state index is -3.82. The fourth-order valence-electron chi connectivity index (χ4n) is 1.73. The van der Waals surface area contributed by atoms with Gasteiger partial charge in [-0.05, 0) is 38.4 Å². The number of terminal acetylenes is 1. The minimum absolute atomic E-state index is 0.0458. The number of guanidine groups is 1. The van der Waals surface area contributed by atoms with Crippen LogP contribution in [0.2, 0.25) is 0 Å². The van der Waals surface area contributed by atoms with Gasteiger partial charge in [0.1, 0.15) is 0 Å². The second kappa shape index (κ2) is 9.66. The normalized spacial score (nSPS) is 11.7. The number of amides is 1. The van der Waals surface area contributed by atoms with Crippen LogP contribution in [0, 0.1) is 12.3 Å². The summed E-state index contributed by atoms with van der Waals surface area (Å²) in [5.74, 6) is 2.23. The Labute approximate surface area is 148 Å². The average molecular weight is 365 g/mol. The van der Waals surface area contributed by atoms with Crippen LogP contribution in [0.1, 0.15) is 6.92 Å². The largest absolute Gasteiger partial charge is 0.345 e. The highest BCUT2D eigenvalue weighted by Crippen LogP contribution is 2.13. The zero-order valence-corrected chi connectivity index (χ0v) is 15.4. The number of aliphatic imine (C=N–C) groups is 1. The van der Waals surface area contributed by atoms with Crippen molar-refractivity contribution in [2.45, 2.75) is 11.8 Å². The van der Waals surface area contributed by atoms with Crippen LogP contribution in [0.15, 0.2) is 34.2 Å². The summed E-state index contributed by atoms with van der Waals surface area (Å²) in [6.07, 6.45) is 5.20. The van der Waals surface area contributed by atoms with E-state index in [-0.39, 0.29) is 23.3 Å². The van der Waals surface area contributed by atoms with Gasteiger partial charge >= 0.3 is 0 Å². The molecule has 136 valence electrons. The first kappa shape index (κ1) is 20.5. The Bertz CT molecular complexity index is 749. The van der Waals surface area contributed by atoms with Crippen LogP contribution < -0.4 is 15.4 Å². The van der Waals surface area contributed by atoms with Crippen molar-refractivity contribution in [3.63, 3.8) is 0 Å². The number of hydrogen-bond acceptors (Lipinski definition) is 5. The molecule has 0 aromatic heterocycles. The number of carbonyl (C=O) groups is 1. The molecule has 0 aliphatic heterocycles. The van der Waals surface area contributed by atoms with E-state index < -0.39 is 10.0 Å². The van der Waals surface area contributed by atoms with Gasteiger partial charge < -0.3 is 15.5 Å². The van der Waals surface area contributed by atoms with Crippen molar-refractivity contribution in [2.75, 3.05) is 39.0 Å². The standard InChI is InChI=1S/C16H23N5O3S/c1-5-10-17-16(18-11-12-21(3)4)20-25(23,24)15-8-6-14(7-9-15)19-13(2)22/h1,6-9H,10-12H2,2-4H3,(H,19,22)(H2,17,18,20). The quantitative estimate of drug-likeness (QED) is 0.360. The second-order valence-corrected chi connectivity index (χ2v) is 7.08. The number of nitrogens with one attached hydrogen (secondary N) is 3. The smallest absolute Gasteiger partial charge is 0.264 e. The highest BCUT2D eigenvalue weighted by Gasteiger charge is 2.16. The fourth-order valence-corrected chi connectivity index (χ4v) is 2.73. The van der Waals surface area contributed by atoms with E-state index in [0.29, 0.717) is 18.8 Å². The van der Waals surface area contributed by atoms with Gasteiger partial charge in [0, 0.05) is 19.2 Å². The van der Waals surface area contributed by atoms with Gasteiger partial charge in [0.25, 0.3) is 10.0 Å². The van der Waals surface area contributed by atoms with E-state index in [0.717, 1.165) is 0 Å². The Morgan fingerprint density at radius 1 is 1.28 bits per heavy atom. The first-order valence-corrected chi connectivity index (χ1v) is 9.00. The maximum absolute atomic E-state index is 12.5. The molecule has 0 aliphatic rings. The summed E-state index contributed by atoms with van der Waals surface area (Å²) in [6, 6.07) is 5.81. The summed E-state index contributed by atoms with van der Waals surface area (Å²) in [6.45, 7) is 2.59. The first-order chi connectivity index (χ1) is 11.7.